The number of aliphatic hydroxyl groups is 1. The van der Waals surface area contributed by atoms with Gasteiger partial charge in [-0.2, -0.15) is 0 Å². The van der Waals surface area contributed by atoms with E-state index in [9.17, 15) is 19.4 Å². The Morgan fingerprint density at radius 3 is 1.53 bits per heavy atom. The molecule has 8 nitrogen and oxygen atoms in total. The van der Waals surface area contributed by atoms with Crippen LogP contribution in [-0.2, 0) is 18.4 Å². The summed E-state index contributed by atoms with van der Waals surface area (Å²) in [6.07, 6.45) is 58.1. The van der Waals surface area contributed by atoms with Gasteiger partial charge in [-0.3, -0.25) is 13.8 Å². The van der Waals surface area contributed by atoms with E-state index >= 15 is 0 Å². The number of carbonyl (C=O) groups excluding carboxylic acids is 1. The van der Waals surface area contributed by atoms with Crippen molar-refractivity contribution in [3.05, 3.63) is 85.1 Å². The van der Waals surface area contributed by atoms with Crippen molar-refractivity contribution in [2.75, 3.05) is 40.9 Å². The predicted octanol–water partition coefficient (Wildman–Crippen LogP) is 13.7. The second-order valence-electron chi connectivity index (χ2n) is 17.1. The fourth-order valence-electron chi connectivity index (χ4n) is 6.30. The van der Waals surface area contributed by atoms with Crippen LogP contribution in [0, 0.1) is 0 Å². The van der Waals surface area contributed by atoms with Gasteiger partial charge in [-0.05, 0) is 83.5 Å². The molecule has 0 aliphatic carbocycles. The quantitative estimate of drug-likeness (QED) is 0.0244. The van der Waals surface area contributed by atoms with Crippen molar-refractivity contribution in [2.45, 2.75) is 193 Å². The highest BCUT2D eigenvalue weighted by molar-refractivity contribution is 7.47. The molecule has 1 amide bonds. The molecule has 3 unspecified atom stereocenters. The van der Waals surface area contributed by atoms with E-state index in [1.165, 1.54) is 77.0 Å². The van der Waals surface area contributed by atoms with E-state index in [1.54, 1.807) is 6.08 Å². The van der Waals surface area contributed by atoms with Gasteiger partial charge in [0.15, 0.2) is 0 Å². The Balaban J connectivity index is 4.51. The number of rotatable bonds is 42. The number of hydrogen-bond donors (Lipinski definition) is 3. The van der Waals surface area contributed by atoms with Gasteiger partial charge < -0.3 is 19.8 Å². The van der Waals surface area contributed by atoms with Crippen LogP contribution in [0.2, 0.25) is 0 Å². The Bertz CT molecular complexity index is 1250. The summed E-state index contributed by atoms with van der Waals surface area (Å²) < 4.78 is 23.6. The van der Waals surface area contributed by atoms with Gasteiger partial charge in [-0.15, -0.1) is 0 Å². The molecule has 0 rings (SSSR count). The van der Waals surface area contributed by atoms with Crippen LogP contribution in [0.25, 0.3) is 0 Å². The number of unbranched alkanes of at least 4 members (excludes halogenated alkanes) is 17. The van der Waals surface area contributed by atoms with Crippen molar-refractivity contribution in [2.24, 2.45) is 0 Å². The summed E-state index contributed by atoms with van der Waals surface area (Å²) in [4.78, 5) is 23.2. The van der Waals surface area contributed by atoms with E-state index in [0.29, 0.717) is 17.4 Å². The molecule has 0 saturated heterocycles. The third-order valence-corrected chi connectivity index (χ3v) is 11.1. The summed E-state index contributed by atoms with van der Waals surface area (Å²) in [6, 6.07) is -0.887. The molecule has 0 fully saturated rings. The largest absolute Gasteiger partial charge is 0.472 e. The van der Waals surface area contributed by atoms with Gasteiger partial charge in [0.05, 0.1) is 39.9 Å². The number of quaternary nitrogens is 1. The number of aliphatic hydroxyl groups excluding tert-OH is 1. The molecule has 0 spiro atoms. The first-order valence-electron chi connectivity index (χ1n) is 24.0. The maximum atomic E-state index is 12.9. The Kier molecular flexibility index (Phi) is 40.4. The van der Waals surface area contributed by atoms with E-state index in [1.807, 2.05) is 27.2 Å². The SMILES string of the molecule is CC/C=C\C/C=C\C/C=C\C/C=C\CCCCCCC(=O)NC(COP(=O)(O)OCC[N+](C)(C)C)C(O)/C=C/CC/C=C/CC/C=C/CCCCCCCCCCCCC. The molecule has 3 N–H and O–H groups in total. The summed E-state index contributed by atoms with van der Waals surface area (Å²) in [7, 11) is 1.51. The van der Waals surface area contributed by atoms with Crippen molar-refractivity contribution in [3.8, 4) is 0 Å². The number of allylic oxidation sites excluding steroid dienone is 13. The predicted molar refractivity (Wildman–Crippen MR) is 258 cm³/mol. The highest BCUT2D eigenvalue weighted by Gasteiger charge is 2.27. The first-order valence-corrected chi connectivity index (χ1v) is 25.5. The molecule has 0 saturated carbocycles. The number of phosphoric acid groups is 1. The summed E-state index contributed by atoms with van der Waals surface area (Å²) in [6.45, 7) is 4.63. The van der Waals surface area contributed by atoms with Gasteiger partial charge in [0.25, 0.3) is 0 Å². The van der Waals surface area contributed by atoms with Crippen molar-refractivity contribution in [1.82, 2.24) is 5.32 Å². The van der Waals surface area contributed by atoms with E-state index in [2.05, 4.69) is 92.1 Å². The second-order valence-corrected chi connectivity index (χ2v) is 18.5. The van der Waals surface area contributed by atoms with Crippen LogP contribution in [0.5, 0.6) is 0 Å². The van der Waals surface area contributed by atoms with Crippen molar-refractivity contribution < 1.29 is 32.9 Å². The molecule has 0 bridgehead atoms. The van der Waals surface area contributed by atoms with Crippen LogP contribution in [0.15, 0.2) is 85.1 Å². The Morgan fingerprint density at radius 1 is 0.583 bits per heavy atom. The number of likely N-dealkylation sites (N-methyl/N-ethyl adjacent to an activating group) is 1. The lowest BCUT2D eigenvalue weighted by Gasteiger charge is -2.25. The highest BCUT2D eigenvalue weighted by Crippen LogP contribution is 2.43. The van der Waals surface area contributed by atoms with Gasteiger partial charge in [0.1, 0.15) is 13.2 Å². The van der Waals surface area contributed by atoms with E-state index < -0.39 is 20.0 Å². The number of amides is 1. The van der Waals surface area contributed by atoms with Crippen LogP contribution < -0.4 is 5.32 Å². The third kappa shape index (κ3) is 43.8. The molecule has 60 heavy (non-hydrogen) atoms. The van der Waals surface area contributed by atoms with Crippen LogP contribution in [0.3, 0.4) is 0 Å². The normalized spacial score (nSPS) is 15.0. The molecular weight excluding hydrogens is 768 g/mol. The monoisotopic (exact) mass is 860 g/mol. The van der Waals surface area contributed by atoms with E-state index in [0.717, 1.165) is 83.5 Å². The number of nitrogens with one attached hydrogen (secondary N) is 1. The Morgan fingerprint density at radius 2 is 1.02 bits per heavy atom. The molecule has 0 aliphatic rings. The molecule has 346 valence electrons. The highest BCUT2D eigenvalue weighted by atomic mass is 31.2. The number of phosphoric ester groups is 1. The fraction of sp³-hybridized carbons (Fsp3) is 0.706. The minimum atomic E-state index is -4.36. The molecule has 0 aromatic heterocycles. The van der Waals surface area contributed by atoms with E-state index in [-0.39, 0.29) is 19.1 Å². The fourth-order valence-corrected chi connectivity index (χ4v) is 7.03. The average Bonchev–Trinajstić information content (AvgIpc) is 3.20. The number of carbonyl (C=O) groups is 1. The zero-order valence-electron chi connectivity index (χ0n) is 39.2. The first-order chi connectivity index (χ1) is 29.0. The lowest BCUT2D eigenvalue weighted by Crippen LogP contribution is -2.45. The number of hydrogen-bond acceptors (Lipinski definition) is 5. The molecule has 9 heteroatoms. The third-order valence-electron chi connectivity index (χ3n) is 10.1. The Hall–Kier alpha value is -2.32. The van der Waals surface area contributed by atoms with Gasteiger partial charge >= 0.3 is 7.82 Å². The van der Waals surface area contributed by atoms with Gasteiger partial charge in [0, 0.05) is 6.42 Å². The topological polar surface area (TPSA) is 105 Å². The lowest BCUT2D eigenvalue weighted by molar-refractivity contribution is -0.870. The van der Waals surface area contributed by atoms with Crippen molar-refractivity contribution >= 4 is 13.7 Å². The van der Waals surface area contributed by atoms with Crippen molar-refractivity contribution in [3.63, 3.8) is 0 Å². The number of nitrogens with zero attached hydrogens (tertiary/aromatic N) is 1. The second kappa shape index (κ2) is 42.0. The van der Waals surface area contributed by atoms with Crippen LogP contribution in [0.1, 0.15) is 181 Å². The summed E-state index contributed by atoms with van der Waals surface area (Å²) in [5.41, 5.74) is 0. The summed E-state index contributed by atoms with van der Waals surface area (Å²) in [5.74, 6) is -0.218. The molecule has 0 heterocycles. The van der Waals surface area contributed by atoms with Crippen molar-refractivity contribution in [1.29, 1.82) is 0 Å². The smallest absolute Gasteiger partial charge is 0.387 e. The molecule has 0 aromatic carbocycles. The maximum Gasteiger partial charge on any atom is 0.472 e. The zero-order valence-corrected chi connectivity index (χ0v) is 40.1. The molecule has 0 aromatic rings. The Labute approximate surface area is 369 Å². The molecular formula is C51H92N2O6P+. The first kappa shape index (κ1) is 57.7. The summed E-state index contributed by atoms with van der Waals surface area (Å²) in [5, 5.41) is 13.8. The maximum absolute atomic E-state index is 12.9. The van der Waals surface area contributed by atoms with Gasteiger partial charge in [-0.25, -0.2) is 4.57 Å². The summed E-state index contributed by atoms with van der Waals surface area (Å²) >= 11 is 0. The average molecular weight is 860 g/mol. The standard InChI is InChI=1S/C51H91N2O6P/c1-6-8-10-12-14-16-18-20-22-24-25-26-27-29-30-32-34-36-38-40-42-44-50(54)49(48-59-60(56,57)58-47-46-53(3,4)5)52-51(55)45-43-41-39-37-35-33-31-28-23-21-19-17-15-13-11-9-7-2/h9,11,15,17,21,23,27,29,31,33-34,36,42,44,49-50,54H,6-8,10,12-14,16,18-20,22,24-26,28,30,32,35,37-41,43,45-48H2,1-5H3,(H-,52,55,56,57)/p+1/b11-9-,17-15-,23-21-,29-27+,33-31-,36-34+,44-42+. The molecule has 3 atom stereocenters. The van der Waals surface area contributed by atoms with Gasteiger partial charge in [0.2, 0.25) is 5.91 Å². The van der Waals surface area contributed by atoms with Crippen LogP contribution in [-0.4, -0.2) is 73.4 Å². The van der Waals surface area contributed by atoms with Crippen LogP contribution >= 0.6 is 7.82 Å². The molecule has 0 aliphatic heterocycles. The molecule has 0 radical (unpaired) electrons. The zero-order chi connectivity index (χ0) is 44.3. The minimum Gasteiger partial charge on any atom is -0.387 e. The van der Waals surface area contributed by atoms with E-state index in [4.69, 9.17) is 9.05 Å². The minimum absolute atomic E-state index is 0.0439. The lowest BCUT2D eigenvalue weighted by atomic mass is 10.1. The van der Waals surface area contributed by atoms with Crippen LogP contribution in [0.4, 0.5) is 0 Å². The van der Waals surface area contributed by atoms with Gasteiger partial charge in [-0.1, -0.05) is 176 Å².